The number of allylic oxidation sites excluding steroid dienone is 4. The summed E-state index contributed by atoms with van der Waals surface area (Å²) in [5, 5.41) is 8.88. The van der Waals surface area contributed by atoms with Gasteiger partial charge in [0, 0.05) is 0 Å². The fourth-order valence-corrected chi connectivity index (χ4v) is 1.57. The first-order valence-electron chi connectivity index (χ1n) is 5.10. The Balaban J connectivity index is 5.20. The molecule has 0 aromatic rings. The zero-order chi connectivity index (χ0) is 11.7. The molecule has 15 heavy (non-hydrogen) atoms. The van der Waals surface area contributed by atoms with Gasteiger partial charge in [0.2, 0.25) is 0 Å². The van der Waals surface area contributed by atoms with Crippen LogP contribution in [0, 0.1) is 22.9 Å². The van der Waals surface area contributed by atoms with Gasteiger partial charge in [0.15, 0.2) is 0 Å². The molecule has 0 saturated heterocycles. The van der Waals surface area contributed by atoms with E-state index in [1.54, 1.807) is 13.0 Å². The van der Waals surface area contributed by atoms with Crippen LogP contribution in [0.3, 0.4) is 0 Å². The number of nitrogens with zero attached hydrogens (tertiary/aromatic N) is 1. The van der Waals surface area contributed by atoms with Gasteiger partial charge in [-0.2, -0.15) is 0 Å². The Labute approximate surface area is 92.8 Å². The summed E-state index contributed by atoms with van der Waals surface area (Å²) >= 11 is 0. The van der Waals surface area contributed by atoms with Crippen molar-refractivity contribution in [3.05, 3.63) is 23.3 Å². The molecule has 0 amide bonds. The van der Waals surface area contributed by atoms with Gasteiger partial charge in [-0.15, -0.1) is 0 Å². The molecule has 0 aliphatic carbocycles. The molecule has 0 aliphatic heterocycles. The van der Waals surface area contributed by atoms with Crippen molar-refractivity contribution in [2.24, 2.45) is 5.92 Å². The summed E-state index contributed by atoms with van der Waals surface area (Å²) in [4.78, 5) is 0. The van der Waals surface area contributed by atoms with E-state index in [-0.39, 0.29) is 7.92 Å². The first-order valence-corrected chi connectivity index (χ1v) is 5.91. The van der Waals surface area contributed by atoms with Gasteiger partial charge in [-0.3, -0.25) is 0 Å². The fraction of sp³-hybridized carbons (Fsp3) is 0.500. The molecule has 0 bridgehead atoms. The fourth-order valence-electron chi connectivity index (χ4n) is 1.28. The van der Waals surface area contributed by atoms with Crippen molar-refractivity contribution in [1.29, 1.82) is 5.26 Å². The Hall–Kier alpha value is -1.02. The molecule has 0 rings (SSSR count). The third-order valence-electron chi connectivity index (χ3n) is 2.32. The van der Waals surface area contributed by atoms with E-state index in [2.05, 4.69) is 25.5 Å². The van der Waals surface area contributed by atoms with Crippen LogP contribution in [0.25, 0.3) is 0 Å². The molecule has 0 unspecified atom stereocenters. The van der Waals surface area contributed by atoms with Crippen LogP contribution < -0.4 is 0 Å². The second-order valence-corrected chi connectivity index (χ2v) is 3.58. The minimum atomic E-state index is -0.175. The molecule has 0 aliphatic rings. The number of rotatable bonds is 4. The van der Waals surface area contributed by atoms with Gasteiger partial charge in [-0.05, 0) is 0 Å². The number of hydrogen-bond donors (Lipinski definition) is 0. The topological polar surface area (TPSA) is 40.9 Å². The second-order valence-electron chi connectivity index (χ2n) is 3.17. The van der Waals surface area contributed by atoms with E-state index in [0.717, 1.165) is 12.8 Å². The Kier molecular flexibility index (Phi) is 7.74. The van der Waals surface area contributed by atoms with Crippen LogP contribution in [-0.4, -0.2) is 0 Å². The van der Waals surface area contributed by atoms with E-state index in [1.165, 1.54) is 0 Å². The zero-order valence-corrected chi connectivity index (χ0v) is 10.3. The maximum atomic E-state index is 10.5. The van der Waals surface area contributed by atoms with Crippen molar-refractivity contribution in [2.45, 2.75) is 33.6 Å². The zero-order valence-electron chi connectivity index (χ0n) is 9.45. The molecule has 2 nitrogen and oxygen atoms in total. The van der Waals surface area contributed by atoms with Gasteiger partial charge < -0.3 is 0 Å². The van der Waals surface area contributed by atoms with Gasteiger partial charge in [-0.25, -0.2) is 0 Å². The first-order chi connectivity index (χ1) is 7.23. The molecule has 0 spiro atoms. The molecule has 0 aromatic carbocycles. The summed E-state index contributed by atoms with van der Waals surface area (Å²) in [6.45, 7) is 5.99. The third kappa shape index (κ3) is 4.84. The molecule has 3 heteroatoms. The average molecular weight is 221 g/mol. The van der Waals surface area contributed by atoms with E-state index < -0.39 is 0 Å². The Morgan fingerprint density at radius 2 is 2.00 bits per heavy atom. The number of nitriles is 1. The van der Waals surface area contributed by atoms with Crippen LogP contribution in [0.1, 0.15) is 33.6 Å². The van der Waals surface area contributed by atoms with E-state index in [4.69, 9.17) is 5.26 Å². The first kappa shape index (κ1) is 14.0. The Bertz CT molecular complexity index is 391. The van der Waals surface area contributed by atoms with Crippen LogP contribution in [-0.2, 0) is 4.57 Å². The molecule has 0 saturated carbocycles. The maximum absolute atomic E-state index is 10.5. The van der Waals surface area contributed by atoms with E-state index in [1.807, 2.05) is 6.08 Å². The third-order valence-corrected chi connectivity index (χ3v) is 2.65. The van der Waals surface area contributed by atoms with Crippen LogP contribution in [0.15, 0.2) is 23.3 Å². The molecule has 0 fully saturated rings. The molecular formula is C12H16NOP. The molecular weight excluding hydrogens is 205 g/mol. The normalized spacial score (nSPS) is 12.2. The predicted molar refractivity (Wildman–Crippen MR) is 63.0 cm³/mol. The molecule has 0 atom stereocenters. The summed E-state index contributed by atoms with van der Waals surface area (Å²) in [6.07, 6.45) is 5.72. The van der Waals surface area contributed by atoms with Gasteiger partial charge >= 0.3 is 92.3 Å². The molecule has 0 N–H and O–H groups in total. The molecule has 0 radical (unpaired) electrons. The van der Waals surface area contributed by atoms with Crippen molar-refractivity contribution in [3.63, 3.8) is 0 Å². The van der Waals surface area contributed by atoms with E-state index >= 15 is 0 Å². The van der Waals surface area contributed by atoms with Gasteiger partial charge in [-0.1, -0.05) is 0 Å². The van der Waals surface area contributed by atoms with Crippen molar-refractivity contribution in [3.8, 4) is 11.7 Å². The molecule has 80 valence electrons. The monoisotopic (exact) mass is 221 g/mol. The van der Waals surface area contributed by atoms with Crippen LogP contribution in [0.2, 0.25) is 0 Å². The van der Waals surface area contributed by atoms with Crippen molar-refractivity contribution in [2.75, 3.05) is 0 Å². The van der Waals surface area contributed by atoms with Crippen LogP contribution in [0.5, 0.6) is 0 Å². The average Bonchev–Trinajstić information content (AvgIpc) is 2.27. The summed E-state index contributed by atoms with van der Waals surface area (Å²) in [5.74, 6) is 0.414. The summed E-state index contributed by atoms with van der Waals surface area (Å²) in [5.41, 5.74) is 3.86. The predicted octanol–water partition coefficient (Wildman–Crippen LogP) is 4.07. The Morgan fingerprint density at radius 1 is 1.40 bits per heavy atom. The van der Waals surface area contributed by atoms with Crippen LogP contribution in [0.4, 0.5) is 0 Å². The quantitative estimate of drug-likeness (QED) is 0.408. The SMILES string of the molecule is CC=C(C#N)C(C#P=O)=CC(CC)CC. The number of hydrogen-bond acceptors (Lipinski definition) is 2. The van der Waals surface area contributed by atoms with Crippen molar-refractivity contribution < 1.29 is 4.57 Å². The van der Waals surface area contributed by atoms with Crippen molar-refractivity contribution >= 4 is 7.92 Å². The van der Waals surface area contributed by atoms with Gasteiger partial charge in [0.05, 0.1) is 0 Å². The molecule has 0 aromatic heterocycles. The summed E-state index contributed by atoms with van der Waals surface area (Å²) in [7, 11) is -0.175. The second kappa shape index (κ2) is 8.30. The van der Waals surface area contributed by atoms with E-state index in [0.29, 0.717) is 17.1 Å². The molecule has 0 heterocycles. The van der Waals surface area contributed by atoms with Gasteiger partial charge in [0.25, 0.3) is 0 Å². The Morgan fingerprint density at radius 3 is 2.33 bits per heavy atom. The van der Waals surface area contributed by atoms with Crippen molar-refractivity contribution in [1.82, 2.24) is 0 Å². The van der Waals surface area contributed by atoms with Crippen LogP contribution >= 0.6 is 7.92 Å². The van der Waals surface area contributed by atoms with E-state index in [9.17, 15) is 4.57 Å². The minimum absolute atomic E-state index is 0.175. The van der Waals surface area contributed by atoms with Gasteiger partial charge in [0.1, 0.15) is 0 Å². The standard InChI is InChI=1S/C12H16NOP/c1-4-10(5-2)7-12(9-15-14)11(6-3)8-13/h6-7,10H,4-5H2,1-3H3. The summed E-state index contributed by atoms with van der Waals surface area (Å²) < 4.78 is 10.5. The summed E-state index contributed by atoms with van der Waals surface area (Å²) in [6, 6.07) is 2.08.